The molecule has 5 nitrogen and oxygen atoms in total. The van der Waals surface area contributed by atoms with Crippen molar-refractivity contribution in [2.45, 2.75) is 6.92 Å². The van der Waals surface area contributed by atoms with Crippen LogP contribution in [0.25, 0.3) is 11.3 Å². The zero-order valence-electron chi connectivity index (χ0n) is 12.6. The number of rotatable bonds is 3. The van der Waals surface area contributed by atoms with Crippen LogP contribution < -0.4 is 5.32 Å². The minimum Gasteiger partial charge on any atom is -0.319 e. The summed E-state index contributed by atoms with van der Waals surface area (Å²) in [5.41, 5.74) is 3.04. The molecule has 3 rings (SSSR count). The molecule has 2 aromatic heterocycles. The molecule has 24 heavy (non-hydrogen) atoms. The molecule has 2 heterocycles. The van der Waals surface area contributed by atoms with E-state index in [0.717, 1.165) is 11.3 Å². The van der Waals surface area contributed by atoms with Gasteiger partial charge in [0.25, 0.3) is 5.91 Å². The number of hydrogen-bond donors (Lipinski definition) is 1. The summed E-state index contributed by atoms with van der Waals surface area (Å²) in [6.07, 6.45) is 2.93. The van der Waals surface area contributed by atoms with Gasteiger partial charge >= 0.3 is 0 Å². The third-order valence-corrected chi connectivity index (χ3v) is 4.02. The fourth-order valence-corrected chi connectivity index (χ4v) is 2.33. The summed E-state index contributed by atoms with van der Waals surface area (Å²) in [4.78, 5) is 24.7. The third kappa shape index (κ3) is 3.69. The van der Waals surface area contributed by atoms with Crippen molar-refractivity contribution in [1.82, 2.24) is 15.0 Å². The van der Waals surface area contributed by atoms with Crippen LogP contribution >= 0.6 is 23.2 Å². The normalized spacial score (nSPS) is 10.5. The summed E-state index contributed by atoms with van der Waals surface area (Å²) >= 11 is 11.9. The van der Waals surface area contributed by atoms with Crippen molar-refractivity contribution >= 4 is 34.8 Å². The second-order valence-corrected chi connectivity index (χ2v) is 5.87. The molecule has 0 aliphatic rings. The van der Waals surface area contributed by atoms with Gasteiger partial charge in [0.1, 0.15) is 12.0 Å². The zero-order chi connectivity index (χ0) is 17.1. The molecule has 0 saturated heterocycles. The van der Waals surface area contributed by atoms with Gasteiger partial charge in [0, 0.05) is 11.3 Å². The lowest BCUT2D eigenvalue weighted by molar-refractivity contribution is 0.102. The lowest BCUT2D eigenvalue weighted by atomic mass is 10.1. The van der Waals surface area contributed by atoms with E-state index in [0.29, 0.717) is 21.4 Å². The van der Waals surface area contributed by atoms with E-state index in [9.17, 15) is 4.79 Å². The first-order valence-electron chi connectivity index (χ1n) is 7.04. The first kappa shape index (κ1) is 16.4. The van der Waals surface area contributed by atoms with Crippen molar-refractivity contribution in [2.24, 2.45) is 0 Å². The van der Waals surface area contributed by atoms with Gasteiger partial charge in [-0.15, -0.1) is 0 Å². The number of pyridine rings is 1. The molecule has 0 fully saturated rings. The van der Waals surface area contributed by atoms with E-state index >= 15 is 0 Å². The monoisotopic (exact) mass is 358 g/mol. The van der Waals surface area contributed by atoms with Gasteiger partial charge in [-0.1, -0.05) is 29.3 Å². The van der Waals surface area contributed by atoms with E-state index in [1.54, 1.807) is 36.5 Å². The SMILES string of the molecule is Cc1ccc(NC(=O)c2cc(-c3ccc(Cl)c(Cl)c3)ncn2)cn1. The van der Waals surface area contributed by atoms with Crippen LogP contribution in [0.4, 0.5) is 5.69 Å². The number of carbonyl (C=O) groups excluding carboxylic acids is 1. The van der Waals surface area contributed by atoms with Crippen LogP contribution in [0, 0.1) is 6.92 Å². The van der Waals surface area contributed by atoms with Gasteiger partial charge in [-0.2, -0.15) is 0 Å². The van der Waals surface area contributed by atoms with Crippen LogP contribution in [-0.4, -0.2) is 20.9 Å². The maximum Gasteiger partial charge on any atom is 0.274 e. The van der Waals surface area contributed by atoms with Crippen LogP contribution in [0.2, 0.25) is 10.0 Å². The fraction of sp³-hybridized carbons (Fsp3) is 0.0588. The predicted octanol–water partition coefficient (Wildman–Crippen LogP) is 4.41. The summed E-state index contributed by atoms with van der Waals surface area (Å²) in [5.74, 6) is -0.343. The molecular formula is C17H12Cl2N4O. The Kier molecular flexibility index (Phi) is 4.74. The van der Waals surface area contributed by atoms with Crippen molar-refractivity contribution < 1.29 is 4.79 Å². The fourth-order valence-electron chi connectivity index (χ4n) is 2.03. The Morgan fingerprint density at radius 3 is 2.54 bits per heavy atom. The molecule has 0 spiro atoms. The van der Waals surface area contributed by atoms with Gasteiger partial charge in [-0.3, -0.25) is 9.78 Å². The highest BCUT2D eigenvalue weighted by molar-refractivity contribution is 6.42. The first-order chi connectivity index (χ1) is 11.5. The Morgan fingerprint density at radius 1 is 1.00 bits per heavy atom. The largest absolute Gasteiger partial charge is 0.319 e. The van der Waals surface area contributed by atoms with Crippen molar-refractivity contribution in [3.05, 3.63) is 70.4 Å². The zero-order valence-corrected chi connectivity index (χ0v) is 14.1. The molecule has 1 amide bonds. The van der Waals surface area contributed by atoms with E-state index in [1.165, 1.54) is 6.33 Å². The van der Waals surface area contributed by atoms with Crippen LogP contribution in [0.1, 0.15) is 16.2 Å². The Labute approximate surface area is 148 Å². The molecule has 0 aliphatic heterocycles. The van der Waals surface area contributed by atoms with E-state index < -0.39 is 0 Å². The predicted molar refractivity (Wildman–Crippen MR) is 94.4 cm³/mol. The number of benzene rings is 1. The van der Waals surface area contributed by atoms with Crippen LogP contribution in [0.15, 0.2) is 48.9 Å². The molecular weight excluding hydrogens is 347 g/mol. The number of anilines is 1. The number of nitrogens with zero attached hydrogens (tertiary/aromatic N) is 3. The second kappa shape index (κ2) is 6.95. The lowest BCUT2D eigenvalue weighted by Gasteiger charge is -2.06. The summed E-state index contributed by atoms with van der Waals surface area (Å²) in [7, 11) is 0. The topological polar surface area (TPSA) is 67.8 Å². The van der Waals surface area contributed by atoms with Crippen LogP contribution in [0.3, 0.4) is 0 Å². The second-order valence-electron chi connectivity index (χ2n) is 5.06. The highest BCUT2D eigenvalue weighted by atomic mass is 35.5. The van der Waals surface area contributed by atoms with Gasteiger partial charge in [0.2, 0.25) is 0 Å². The molecule has 1 N–H and O–H groups in total. The quantitative estimate of drug-likeness (QED) is 0.752. The van der Waals surface area contributed by atoms with E-state index in [4.69, 9.17) is 23.2 Å². The number of carbonyl (C=O) groups is 1. The molecule has 120 valence electrons. The molecule has 0 unspecified atom stereocenters. The molecule has 0 radical (unpaired) electrons. The summed E-state index contributed by atoms with van der Waals surface area (Å²) in [6.45, 7) is 1.87. The molecule has 1 aromatic carbocycles. The van der Waals surface area contributed by atoms with Crippen molar-refractivity contribution in [2.75, 3.05) is 5.32 Å². The highest BCUT2D eigenvalue weighted by Gasteiger charge is 2.11. The number of aromatic nitrogens is 3. The van der Waals surface area contributed by atoms with E-state index in [-0.39, 0.29) is 11.6 Å². The Hall–Kier alpha value is -2.50. The van der Waals surface area contributed by atoms with Gasteiger partial charge < -0.3 is 5.32 Å². The molecule has 0 bridgehead atoms. The Morgan fingerprint density at radius 2 is 1.83 bits per heavy atom. The Balaban J connectivity index is 1.85. The minimum atomic E-state index is -0.343. The maximum absolute atomic E-state index is 12.3. The molecule has 3 aromatic rings. The molecule has 0 saturated carbocycles. The number of hydrogen-bond acceptors (Lipinski definition) is 4. The van der Waals surface area contributed by atoms with Crippen molar-refractivity contribution in [3.63, 3.8) is 0 Å². The van der Waals surface area contributed by atoms with Gasteiger partial charge in [0.05, 0.1) is 27.6 Å². The lowest BCUT2D eigenvalue weighted by Crippen LogP contribution is -2.14. The average molecular weight is 359 g/mol. The number of halogens is 2. The maximum atomic E-state index is 12.3. The molecule has 0 aliphatic carbocycles. The molecule has 0 atom stereocenters. The summed E-state index contributed by atoms with van der Waals surface area (Å²) in [6, 6.07) is 10.3. The first-order valence-corrected chi connectivity index (χ1v) is 7.80. The van der Waals surface area contributed by atoms with E-state index in [1.807, 2.05) is 13.0 Å². The van der Waals surface area contributed by atoms with Gasteiger partial charge in [0.15, 0.2) is 0 Å². The van der Waals surface area contributed by atoms with Crippen molar-refractivity contribution in [3.8, 4) is 11.3 Å². The van der Waals surface area contributed by atoms with Crippen molar-refractivity contribution in [1.29, 1.82) is 0 Å². The smallest absolute Gasteiger partial charge is 0.274 e. The third-order valence-electron chi connectivity index (χ3n) is 3.28. The van der Waals surface area contributed by atoms with E-state index in [2.05, 4.69) is 20.3 Å². The van der Waals surface area contributed by atoms with Gasteiger partial charge in [-0.05, 0) is 37.3 Å². The summed E-state index contributed by atoms with van der Waals surface area (Å²) in [5, 5.41) is 3.62. The number of nitrogens with one attached hydrogen (secondary N) is 1. The average Bonchev–Trinajstić information content (AvgIpc) is 2.59. The van der Waals surface area contributed by atoms with Crippen LogP contribution in [-0.2, 0) is 0 Å². The number of aryl methyl sites for hydroxylation is 1. The number of amides is 1. The minimum absolute atomic E-state index is 0.242. The van der Waals surface area contributed by atoms with Gasteiger partial charge in [-0.25, -0.2) is 9.97 Å². The standard InChI is InChI=1S/C17H12Cl2N4O/c1-10-2-4-12(8-20-10)23-17(24)16-7-15(21-9-22-16)11-3-5-13(18)14(19)6-11/h2-9H,1H3,(H,23,24). The molecule has 7 heteroatoms. The Bertz CT molecular complexity index is 897. The summed E-state index contributed by atoms with van der Waals surface area (Å²) < 4.78 is 0. The highest BCUT2D eigenvalue weighted by Crippen LogP contribution is 2.27. The van der Waals surface area contributed by atoms with Crippen LogP contribution in [0.5, 0.6) is 0 Å².